The molecule has 4 heterocycles. The van der Waals surface area contributed by atoms with Gasteiger partial charge in [0.25, 0.3) is 0 Å². The Balaban J connectivity index is 0.000000172. The average molecular weight is 497 g/mol. The third-order valence-electron chi connectivity index (χ3n) is 3.60. The van der Waals surface area contributed by atoms with Crippen molar-refractivity contribution in [1.82, 2.24) is 29.2 Å². The van der Waals surface area contributed by atoms with Gasteiger partial charge in [-0.2, -0.15) is 26.3 Å². The maximum Gasteiger partial charge on any atom is 0.489 e. The standard InChI is InChI=1S/C7H5BF3N3O2.C7H3BrF3N3/c9-7(10,11)6-13-12-5-2-1-4(8(15)16)3-14(5)6;8-4-1-2-5-12-13-6(7(9,10)11)14(5)3-4/h1-3,15-16H;1-3H. The molecular weight excluding hydrogens is 489 g/mol. The maximum atomic E-state index is 12.4. The largest absolute Gasteiger partial charge is 0.489 e. The number of hydrogen-bond acceptors (Lipinski definition) is 6. The van der Waals surface area contributed by atoms with E-state index in [2.05, 4.69) is 36.3 Å². The second kappa shape index (κ2) is 7.84. The van der Waals surface area contributed by atoms with Crippen molar-refractivity contribution < 1.29 is 36.4 Å². The van der Waals surface area contributed by atoms with Crippen molar-refractivity contribution in [1.29, 1.82) is 0 Å². The molecule has 0 saturated heterocycles. The van der Waals surface area contributed by atoms with Crippen LogP contribution in [0.4, 0.5) is 26.3 Å². The topological polar surface area (TPSA) is 101 Å². The molecule has 0 aliphatic carbocycles. The molecule has 158 valence electrons. The Kier molecular flexibility index (Phi) is 5.75. The van der Waals surface area contributed by atoms with E-state index >= 15 is 0 Å². The first-order valence-electron chi connectivity index (χ1n) is 7.73. The lowest BCUT2D eigenvalue weighted by Gasteiger charge is -2.05. The second-order valence-corrected chi connectivity index (χ2v) is 6.60. The fourth-order valence-corrected chi connectivity index (χ4v) is 2.65. The normalized spacial score (nSPS) is 12.2. The smallest absolute Gasteiger partial charge is 0.423 e. The quantitative estimate of drug-likeness (QED) is 0.308. The summed E-state index contributed by atoms with van der Waals surface area (Å²) in [5.74, 6) is -2.22. The van der Waals surface area contributed by atoms with Gasteiger partial charge in [0.2, 0.25) is 11.6 Å². The number of pyridine rings is 2. The Bertz CT molecular complexity index is 1190. The van der Waals surface area contributed by atoms with Crippen molar-refractivity contribution in [2.75, 3.05) is 0 Å². The third kappa shape index (κ3) is 4.54. The third-order valence-corrected chi connectivity index (χ3v) is 4.07. The van der Waals surface area contributed by atoms with Crippen molar-refractivity contribution >= 4 is 39.8 Å². The van der Waals surface area contributed by atoms with E-state index in [0.717, 1.165) is 10.6 Å². The molecule has 0 radical (unpaired) electrons. The molecule has 4 rings (SSSR count). The van der Waals surface area contributed by atoms with Crippen LogP contribution in [0.25, 0.3) is 11.3 Å². The van der Waals surface area contributed by atoms with Crippen LogP contribution in [0.2, 0.25) is 0 Å². The van der Waals surface area contributed by atoms with Gasteiger partial charge in [0.15, 0.2) is 11.3 Å². The zero-order chi connectivity index (χ0) is 22.3. The predicted octanol–water partition coefficient (Wildman–Crippen LogP) is 1.94. The van der Waals surface area contributed by atoms with Crippen molar-refractivity contribution in [3.05, 3.63) is 52.8 Å². The first-order valence-corrected chi connectivity index (χ1v) is 8.52. The summed E-state index contributed by atoms with van der Waals surface area (Å²) >= 11 is 3.07. The van der Waals surface area contributed by atoms with Crippen LogP contribution in [-0.4, -0.2) is 46.4 Å². The van der Waals surface area contributed by atoms with Gasteiger partial charge in [-0.25, -0.2) is 0 Å². The summed E-state index contributed by atoms with van der Waals surface area (Å²) in [4.78, 5) is 0. The fourth-order valence-electron chi connectivity index (χ4n) is 2.31. The molecule has 0 bridgehead atoms. The number of halogens is 7. The van der Waals surface area contributed by atoms with E-state index in [4.69, 9.17) is 10.0 Å². The summed E-state index contributed by atoms with van der Waals surface area (Å²) in [5, 5.41) is 30.4. The molecule has 0 atom stereocenters. The highest BCUT2D eigenvalue weighted by atomic mass is 79.9. The summed E-state index contributed by atoms with van der Waals surface area (Å²) in [6.45, 7) is 0. The van der Waals surface area contributed by atoms with Gasteiger partial charge in [0.1, 0.15) is 0 Å². The predicted molar refractivity (Wildman–Crippen MR) is 93.5 cm³/mol. The molecule has 0 aliphatic rings. The van der Waals surface area contributed by atoms with Crippen LogP contribution in [0.15, 0.2) is 41.1 Å². The summed E-state index contributed by atoms with van der Waals surface area (Å²) in [6.07, 6.45) is -6.92. The van der Waals surface area contributed by atoms with Gasteiger partial charge < -0.3 is 10.0 Å². The Morgan fingerprint density at radius 2 is 1.20 bits per heavy atom. The van der Waals surface area contributed by atoms with Crippen molar-refractivity contribution in [3.8, 4) is 0 Å². The Labute approximate surface area is 171 Å². The molecule has 0 fully saturated rings. The Hall–Kier alpha value is -2.72. The van der Waals surface area contributed by atoms with E-state index < -0.39 is 31.1 Å². The summed E-state index contributed by atoms with van der Waals surface area (Å²) in [6, 6.07) is 5.53. The molecule has 0 amide bonds. The van der Waals surface area contributed by atoms with Crippen LogP contribution < -0.4 is 5.46 Å². The SMILES string of the molecule is FC(F)(F)c1nnc2ccc(Br)cn12.OB(O)c1ccc2nnc(C(F)(F)F)n2c1. The molecule has 8 nitrogen and oxygen atoms in total. The first kappa shape index (κ1) is 22.0. The molecule has 30 heavy (non-hydrogen) atoms. The lowest BCUT2D eigenvalue weighted by atomic mass is 9.82. The monoisotopic (exact) mass is 496 g/mol. The van der Waals surface area contributed by atoms with E-state index in [0.29, 0.717) is 8.87 Å². The maximum absolute atomic E-state index is 12.4. The minimum atomic E-state index is -4.64. The van der Waals surface area contributed by atoms with E-state index in [1.54, 1.807) is 6.07 Å². The molecule has 0 saturated carbocycles. The summed E-state index contributed by atoms with van der Waals surface area (Å²) < 4.78 is 76.4. The number of hydrogen-bond donors (Lipinski definition) is 2. The van der Waals surface area contributed by atoms with Crippen LogP contribution in [0.1, 0.15) is 11.6 Å². The van der Waals surface area contributed by atoms with Crippen LogP contribution in [-0.2, 0) is 12.4 Å². The van der Waals surface area contributed by atoms with Crippen LogP contribution in [0.3, 0.4) is 0 Å². The number of fused-ring (bicyclic) bond motifs is 2. The van der Waals surface area contributed by atoms with Crippen LogP contribution in [0.5, 0.6) is 0 Å². The minimum absolute atomic E-state index is 0.0169. The van der Waals surface area contributed by atoms with Gasteiger partial charge in [-0.1, -0.05) is 6.07 Å². The molecule has 0 aliphatic heterocycles. The number of alkyl halides is 6. The average Bonchev–Trinajstić information content (AvgIpc) is 3.24. The minimum Gasteiger partial charge on any atom is -0.423 e. The Morgan fingerprint density at radius 1 is 0.733 bits per heavy atom. The molecule has 0 aromatic carbocycles. The molecule has 2 N–H and O–H groups in total. The van der Waals surface area contributed by atoms with Gasteiger partial charge in [-0.05, 0) is 39.6 Å². The van der Waals surface area contributed by atoms with Gasteiger partial charge in [0.05, 0.1) is 0 Å². The highest BCUT2D eigenvalue weighted by Gasteiger charge is 2.37. The van der Waals surface area contributed by atoms with E-state index in [1.807, 2.05) is 0 Å². The molecule has 4 aromatic heterocycles. The lowest BCUT2D eigenvalue weighted by molar-refractivity contribution is -0.146. The molecule has 0 unspecified atom stereocenters. The highest BCUT2D eigenvalue weighted by Crippen LogP contribution is 2.28. The summed E-state index contributed by atoms with van der Waals surface area (Å²) in [5.41, 5.74) is 0.0788. The van der Waals surface area contributed by atoms with Crippen molar-refractivity contribution in [3.63, 3.8) is 0 Å². The van der Waals surface area contributed by atoms with Gasteiger partial charge in [0, 0.05) is 16.9 Å². The van der Waals surface area contributed by atoms with Crippen LogP contribution >= 0.6 is 15.9 Å². The van der Waals surface area contributed by atoms with Gasteiger partial charge in [-0.15, -0.1) is 20.4 Å². The van der Waals surface area contributed by atoms with Crippen LogP contribution in [0, 0.1) is 0 Å². The molecular formula is C14H8BBrF6N6O2. The molecule has 16 heteroatoms. The number of nitrogens with zero attached hydrogens (tertiary/aromatic N) is 6. The van der Waals surface area contributed by atoms with E-state index in [1.165, 1.54) is 24.4 Å². The molecule has 4 aromatic rings. The van der Waals surface area contributed by atoms with E-state index in [-0.39, 0.29) is 16.8 Å². The Morgan fingerprint density at radius 3 is 1.67 bits per heavy atom. The second-order valence-electron chi connectivity index (χ2n) is 5.68. The van der Waals surface area contributed by atoms with Gasteiger partial charge in [-0.3, -0.25) is 8.80 Å². The first-order chi connectivity index (χ1) is 13.9. The zero-order valence-corrected chi connectivity index (χ0v) is 15.9. The summed E-state index contributed by atoms with van der Waals surface area (Å²) in [7, 11) is -1.84. The van der Waals surface area contributed by atoms with Gasteiger partial charge >= 0.3 is 19.5 Å². The number of aromatic nitrogens is 6. The van der Waals surface area contributed by atoms with Crippen molar-refractivity contribution in [2.24, 2.45) is 0 Å². The highest BCUT2D eigenvalue weighted by molar-refractivity contribution is 9.10. The molecule has 0 spiro atoms. The number of rotatable bonds is 1. The van der Waals surface area contributed by atoms with Crippen molar-refractivity contribution in [2.45, 2.75) is 12.4 Å². The van der Waals surface area contributed by atoms with E-state index in [9.17, 15) is 26.3 Å². The fraction of sp³-hybridized carbons (Fsp3) is 0.143. The lowest BCUT2D eigenvalue weighted by Crippen LogP contribution is -2.30. The zero-order valence-electron chi connectivity index (χ0n) is 14.3.